The average molecular weight is 762 g/mol. The molecule has 0 aromatic heterocycles. The van der Waals surface area contributed by atoms with E-state index < -0.39 is 31.6 Å². The molecule has 0 fully saturated rings. The molecule has 9 nitrogen and oxygen atoms in total. The standard InChI is InChI=1S/C44H27NO8S2/c46-43(47)32-16-12-28(13-17-32)26-4-8-30(9-5-26)34-20-22-36-40(24-34)54(50,51)38-2-1-3-39-42(38)45(36)37-23-21-35(25-41(37)55(39,52)53)31-10-6-27(7-11-31)29-14-18-33(19-15-29)44(48)49/h1-25H,(H,46,47)(H,48,49). The van der Waals surface area contributed by atoms with E-state index in [4.69, 9.17) is 0 Å². The van der Waals surface area contributed by atoms with Gasteiger partial charge in [0.1, 0.15) is 0 Å². The Labute approximate surface area is 315 Å². The lowest BCUT2D eigenvalue weighted by atomic mass is 9.98. The number of hydrogen-bond acceptors (Lipinski definition) is 7. The number of carboxylic acids is 2. The number of anilines is 3. The predicted molar refractivity (Wildman–Crippen MR) is 208 cm³/mol. The van der Waals surface area contributed by atoms with Crippen LogP contribution in [0.5, 0.6) is 0 Å². The van der Waals surface area contributed by atoms with Crippen LogP contribution in [0.25, 0.3) is 44.5 Å². The van der Waals surface area contributed by atoms with Crippen LogP contribution in [-0.4, -0.2) is 39.0 Å². The van der Waals surface area contributed by atoms with Gasteiger partial charge in [-0.15, -0.1) is 0 Å². The van der Waals surface area contributed by atoms with Crippen molar-refractivity contribution in [3.63, 3.8) is 0 Å². The quantitative estimate of drug-likeness (QED) is 0.169. The van der Waals surface area contributed by atoms with Crippen LogP contribution in [0, 0.1) is 0 Å². The van der Waals surface area contributed by atoms with Crippen molar-refractivity contribution in [1.29, 1.82) is 0 Å². The lowest BCUT2D eigenvalue weighted by Gasteiger charge is -2.38. The van der Waals surface area contributed by atoms with Gasteiger partial charge in [-0.05, 0) is 105 Å². The highest BCUT2D eigenvalue weighted by Gasteiger charge is 2.44. The number of sulfone groups is 2. The maximum absolute atomic E-state index is 14.3. The van der Waals surface area contributed by atoms with Crippen molar-refractivity contribution in [2.24, 2.45) is 0 Å². The molecular weight excluding hydrogens is 735 g/mol. The summed E-state index contributed by atoms with van der Waals surface area (Å²) in [4.78, 5) is 24.1. The van der Waals surface area contributed by atoms with Gasteiger partial charge in [0.05, 0.1) is 47.8 Å². The molecule has 0 radical (unpaired) electrons. The molecule has 7 aromatic carbocycles. The Morgan fingerprint density at radius 2 is 0.673 bits per heavy atom. The molecular formula is C44H27NO8S2. The first-order chi connectivity index (χ1) is 26.4. The summed E-state index contributed by atoms with van der Waals surface area (Å²) >= 11 is 0. The molecule has 0 saturated carbocycles. The Morgan fingerprint density at radius 1 is 0.382 bits per heavy atom. The summed E-state index contributed by atoms with van der Waals surface area (Å²) in [6.45, 7) is 0. The van der Waals surface area contributed by atoms with Gasteiger partial charge < -0.3 is 15.1 Å². The third-order valence-corrected chi connectivity index (χ3v) is 13.7. The first kappa shape index (κ1) is 34.0. The molecule has 9 rings (SSSR count). The number of hydrogen-bond donors (Lipinski definition) is 2. The minimum absolute atomic E-state index is 0.0456. The monoisotopic (exact) mass is 761 g/mol. The van der Waals surface area contributed by atoms with Crippen LogP contribution in [-0.2, 0) is 19.7 Å². The van der Waals surface area contributed by atoms with Crippen LogP contribution in [0.2, 0.25) is 0 Å². The number of carbonyl (C=O) groups is 2. The number of rotatable bonds is 6. The Bertz CT molecular complexity index is 2780. The summed E-state index contributed by atoms with van der Waals surface area (Å²) in [6.07, 6.45) is 0. The minimum Gasteiger partial charge on any atom is -0.478 e. The molecule has 7 aromatic rings. The van der Waals surface area contributed by atoms with Gasteiger partial charge in [-0.1, -0.05) is 91.0 Å². The zero-order valence-corrected chi connectivity index (χ0v) is 30.2. The first-order valence-corrected chi connectivity index (χ1v) is 20.0. The van der Waals surface area contributed by atoms with E-state index in [9.17, 15) is 36.6 Å². The maximum Gasteiger partial charge on any atom is 0.335 e. The highest BCUT2D eigenvalue weighted by atomic mass is 32.2. The maximum atomic E-state index is 14.3. The second kappa shape index (κ2) is 12.4. The van der Waals surface area contributed by atoms with Crippen LogP contribution < -0.4 is 4.90 Å². The third kappa shape index (κ3) is 5.43. The molecule has 0 saturated heterocycles. The third-order valence-electron chi connectivity index (χ3n) is 10.1. The summed E-state index contributed by atoms with van der Waals surface area (Å²) in [5, 5.41) is 18.5. The predicted octanol–water partition coefficient (Wildman–Crippen LogP) is 9.51. The van der Waals surface area contributed by atoms with Crippen molar-refractivity contribution in [3.05, 3.63) is 163 Å². The number of fused-ring (bicyclic) bond motifs is 4. The lowest BCUT2D eigenvalue weighted by molar-refractivity contribution is 0.0686. The minimum atomic E-state index is -4.15. The van der Waals surface area contributed by atoms with E-state index in [1.807, 2.05) is 60.7 Å². The van der Waals surface area contributed by atoms with Gasteiger partial charge in [-0.2, -0.15) is 0 Å². The Morgan fingerprint density at radius 3 is 1.00 bits per heavy atom. The van der Waals surface area contributed by atoms with Gasteiger partial charge >= 0.3 is 11.9 Å². The van der Waals surface area contributed by atoms with Crippen LogP contribution >= 0.6 is 0 Å². The number of benzene rings is 7. The van der Waals surface area contributed by atoms with Gasteiger partial charge in [0, 0.05) is 0 Å². The van der Waals surface area contributed by atoms with Gasteiger partial charge in [0.2, 0.25) is 19.7 Å². The molecule has 55 heavy (non-hydrogen) atoms. The number of para-hydroxylation sites is 1. The van der Waals surface area contributed by atoms with Crippen molar-refractivity contribution >= 4 is 48.7 Å². The molecule has 11 heteroatoms. The fourth-order valence-electron chi connectivity index (χ4n) is 7.27. The van der Waals surface area contributed by atoms with E-state index in [1.54, 1.807) is 77.7 Å². The topological polar surface area (TPSA) is 146 Å². The molecule has 268 valence electrons. The molecule has 0 unspecified atom stereocenters. The average Bonchev–Trinajstić information content (AvgIpc) is 3.20. The Kier molecular flexibility index (Phi) is 7.64. The lowest BCUT2D eigenvalue weighted by Crippen LogP contribution is -2.29. The van der Waals surface area contributed by atoms with Gasteiger partial charge in [0.15, 0.2) is 0 Å². The Balaban J connectivity index is 1.10. The summed E-state index contributed by atoms with van der Waals surface area (Å²) in [5.74, 6) is -2.01. The van der Waals surface area contributed by atoms with Crippen molar-refractivity contribution in [2.75, 3.05) is 4.90 Å². The zero-order valence-electron chi connectivity index (χ0n) is 28.5. The number of carboxylic acid groups (broad SMARTS) is 2. The summed E-state index contributed by atoms with van der Waals surface area (Å²) in [7, 11) is -8.29. The van der Waals surface area contributed by atoms with Crippen molar-refractivity contribution in [1.82, 2.24) is 0 Å². The molecule has 2 heterocycles. The number of nitrogens with zero attached hydrogens (tertiary/aromatic N) is 1. The molecule has 2 N–H and O–H groups in total. The SMILES string of the molecule is O=C(O)c1ccc(-c2ccc(-c3ccc4c(c3)S(=O)(=O)c3cccc5c3N4c3ccc(-c4ccc(-c6ccc(C(=O)O)cc6)cc4)cc3S5(=O)=O)cc2)cc1. The molecule has 2 aliphatic heterocycles. The van der Waals surface area contributed by atoms with Crippen LogP contribution in [0.1, 0.15) is 20.7 Å². The van der Waals surface area contributed by atoms with E-state index in [1.165, 1.54) is 18.2 Å². The van der Waals surface area contributed by atoms with E-state index in [0.717, 1.165) is 33.4 Å². The fraction of sp³-hybridized carbons (Fsp3) is 0. The second-order valence-corrected chi connectivity index (χ2v) is 17.0. The summed E-state index contributed by atoms with van der Waals surface area (Å²) < 4.78 is 57.1. The summed E-state index contributed by atoms with van der Waals surface area (Å²) in [6, 6.07) is 42.7. The van der Waals surface area contributed by atoms with E-state index in [2.05, 4.69) is 0 Å². The normalized spacial score (nSPS) is 14.3. The highest BCUT2D eigenvalue weighted by molar-refractivity contribution is 7.93. The van der Waals surface area contributed by atoms with Gasteiger partial charge in [0.25, 0.3) is 0 Å². The van der Waals surface area contributed by atoms with E-state index >= 15 is 0 Å². The second-order valence-electron chi connectivity index (χ2n) is 13.2. The first-order valence-electron chi connectivity index (χ1n) is 17.0. The molecule has 0 bridgehead atoms. The van der Waals surface area contributed by atoms with Crippen LogP contribution in [0.15, 0.2) is 171 Å². The molecule has 0 spiro atoms. The Hall–Kier alpha value is -6.82. The van der Waals surface area contributed by atoms with Gasteiger partial charge in [-0.25, -0.2) is 26.4 Å². The molecule has 2 aliphatic rings. The molecule has 0 amide bonds. The number of aromatic carboxylic acids is 2. The van der Waals surface area contributed by atoms with Crippen LogP contribution in [0.4, 0.5) is 17.1 Å². The smallest absolute Gasteiger partial charge is 0.335 e. The highest BCUT2D eigenvalue weighted by Crippen LogP contribution is 2.56. The summed E-state index contributed by atoms with van der Waals surface area (Å²) in [5.41, 5.74) is 7.36. The zero-order chi connectivity index (χ0) is 38.2. The molecule has 0 aliphatic carbocycles. The fourth-order valence-corrected chi connectivity index (χ4v) is 10.7. The van der Waals surface area contributed by atoms with Crippen molar-refractivity contribution < 1.29 is 36.6 Å². The largest absolute Gasteiger partial charge is 0.478 e. The van der Waals surface area contributed by atoms with Crippen molar-refractivity contribution in [2.45, 2.75) is 19.6 Å². The van der Waals surface area contributed by atoms with E-state index in [0.29, 0.717) is 22.5 Å². The van der Waals surface area contributed by atoms with E-state index in [-0.39, 0.29) is 36.4 Å². The van der Waals surface area contributed by atoms with Crippen LogP contribution in [0.3, 0.4) is 0 Å². The van der Waals surface area contributed by atoms with Crippen molar-refractivity contribution in [3.8, 4) is 44.5 Å². The van der Waals surface area contributed by atoms with Gasteiger partial charge in [-0.3, -0.25) is 0 Å². The molecule has 0 atom stereocenters.